The van der Waals surface area contributed by atoms with E-state index >= 15 is 0 Å². The summed E-state index contributed by atoms with van der Waals surface area (Å²) < 4.78 is -8.96. The van der Waals surface area contributed by atoms with E-state index < -0.39 is 33.0 Å². The molecule has 0 unspecified atom stereocenters. The molecule has 0 aromatic carbocycles. The van der Waals surface area contributed by atoms with E-state index in [2.05, 4.69) is 0 Å². The van der Waals surface area contributed by atoms with Crippen molar-refractivity contribution in [2.45, 2.75) is 0 Å². The molecular weight excluding hydrogens is 241 g/mol. The molecular formula is C4H4O8Zn. The van der Waals surface area contributed by atoms with Crippen molar-refractivity contribution in [1.29, 1.82) is 0 Å². The molecule has 0 amide bonds. The molecule has 0 aromatic rings. The molecule has 0 rings (SSSR count). The van der Waals surface area contributed by atoms with E-state index in [1.165, 1.54) is 0 Å². The summed E-state index contributed by atoms with van der Waals surface area (Å²) in [7, 11) is 0. The first kappa shape index (κ1) is 11.5. The third-order valence-electron chi connectivity index (χ3n) is 1.81. The van der Waals surface area contributed by atoms with E-state index in [0.717, 1.165) is 0 Å². The summed E-state index contributed by atoms with van der Waals surface area (Å²) in [5.74, 6) is 0. The van der Waals surface area contributed by atoms with Crippen LogP contribution in [0.1, 0.15) is 0 Å². The number of hydrogen-bond donors (Lipinski definition) is 4. The predicted molar refractivity (Wildman–Crippen MR) is 32.1 cm³/mol. The number of rotatable bonds is 4. The van der Waals surface area contributed by atoms with E-state index in [1.54, 1.807) is 0 Å². The van der Waals surface area contributed by atoms with Crippen LogP contribution in [0.4, 0.5) is 19.2 Å². The summed E-state index contributed by atoms with van der Waals surface area (Å²) in [6.45, 7) is 0. The van der Waals surface area contributed by atoms with Gasteiger partial charge < -0.3 is 0 Å². The molecule has 0 aliphatic rings. The summed E-state index contributed by atoms with van der Waals surface area (Å²) in [6.07, 6.45) is 0. The molecule has 0 saturated heterocycles. The molecule has 4 N–H and O–H groups in total. The van der Waals surface area contributed by atoms with Gasteiger partial charge in [-0.15, -0.1) is 0 Å². The van der Waals surface area contributed by atoms with Gasteiger partial charge in [-0.25, -0.2) is 0 Å². The fourth-order valence-electron chi connectivity index (χ4n) is 0.776. The topological polar surface area (TPSA) is 149 Å². The summed E-state index contributed by atoms with van der Waals surface area (Å²) >= 11 is -6.36. The Morgan fingerprint density at radius 2 is 0.769 bits per heavy atom. The first-order chi connectivity index (χ1) is 5.77. The van der Waals surface area contributed by atoms with Crippen LogP contribution in [0.5, 0.6) is 0 Å². The zero-order valence-corrected chi connectivity index (χ0v) is 9.10. The van der Waals surface area contributed by atoms with Gasteiger partial charge in [0.1, 0.15) is 0 Å². The van der Waals surface area contributed by atoms with Crippen molar-refractivity contribution in [1.82, 2.24) is 0 Å². The molecule has 0 aromatic heterocycles. The minimum absolute atomic E-state index is 2.24. The van der Waals surface area contributed by atoms with Crippen LogP contribution in [-0.4, -0.2) is 38.7 Å². The maximum atomic E-state index is 10.3. The van der Waals surface area contributed by atoms with Gasteiger partial charge in [0, 0.05) is 0 Å². The second-order valence-corrected chi connectivity index (χ2v) is 12.2. The normalized spacial score (nSPS) is 9.23. The van der Waals surface area contributed by atoms with Crippen LogP contribution in [0.15, 0.2) is 0 Å². The zero-order chi connectivity index (χ0) is 10.8. The molecule has 9 heteroatoms. The van der Waals surface area contributed by atoms with Crippen LogP contribution in [0, 0.1) is 0 Å². The first-order valence-electron chi connectivity index (χ1n) is 3.13. The Bertz CT molecular complexity index is 231. The van der Waals surface area contributed by atoms with Gasteiger partial charge in [0.05, 0.1) is 0 Å². The van der Waals surface area contributed by atoms with Crippen LogP contribution in [0.25, 0.3) is 0 Å². The van der Waals surface area contributed by atoms with Crippen LogP contribution in [0.2, 0.25) is 0 Å². The van der Waals surface area contributed by atoms with Crippen molar-refractivity contribution in [2.24, 2.45) is 0 Å². The molecule has 0 spiro atoms. The molecule has 70 valence electrons. The van der Waals surface area contributed by atoms with Gasteiger partial charge in [-0.05, 0) is 0 Å². The maximum absolute atomic E-state index is 10.3. The Morgan fingerprint density at radius 1 is 0.615 bits per heavy atom. The van der Waals surface area contributed by atoms with Crippen LogP contribution in [-0.2, 0) is 14.8 Å². The Morgan fingerprint density at radius 3 is 0.769 bits per heavy atom. The molecule has 0 fully saturated rings. The Labute approximate surface area is 73.2 Å². The van der Waals surface area contributed by atoms with E-state index in [1.807, 2.05) is 0 Å². The van der Waals surface area contributed by atoms with Crippen molar-refractivity contribution in [3.63, 3.8) is 0 Å². The molecule has 0 aliphatic carbocycles. The van der Waals surface area contributed by atoms with Crippen molar-refractivity contribution >= 4 is 18.3 Å². The Kier molecular flexibility index (Phi) is 3.08. The summed E-state index contributed by atoms with van der Waals surface area (Å²) in [4.78, 5) is 41.2. The second kappa shape index (κ2) is 3.48. The number of carboxylic acid groups (broad SMARTS) is 4. The molecule has 0 saturated carbocycles. The van der Waals surface area contributed by atoms with Gasteiger partial charge in [-0.2, -0.15) is 0 Å². The minimum atomic E-state index is -6.36. The van der Waals surface area contributed by atoms with Crippen molar-refractivity contribution in [3.8, 4) is 0 Å². The monoisotopic (exact) mass is 244 g/mol. The van der Waals surface area contributed by atoms with E-state index in [9.17, 15) is 19.2 Å². The molecule has 0 atom stereocenters. The summed E-state index contributed by atoms with van der Waals surface area (Å²) in [5, 5.41) is 33.2. The van der Waals surface area contributed by atoms with E-state index in [-0.39, 0.29) is 0 Å². The van der Waals surface area contributed by atoms with Gasteiger partial charge in [0.2, 0.25) is 0 Å². The first-order valence-corrected chi connectivity index (χ1v) is 9.06. The van der Waals surface area contributed by atoms with Crippen molar-refractivity contribution in [2.75, 3.05) is 0 Å². The van der Waals surface area contributed by atoms with Gasteiger partial charge in [-0.1, -0.05) is 0 Å². The van der Waals surface area contributed by atoms with Crippen molar-refractivity contribution < 1.29 is 54.4 Å². The van der Waals surface area contributed by atoms with E-state index in [0.29, 0.717) is 0 Å². The van der Waals surface area contributed by atoms with Crippen LogP contribution < -0.4 is 0 Å². The van der Waals surface area contributed by atoms with Gasteiger partial charge in [0.25, 0.3) is 0 Å². The van der Waals surface area contributed by atoms with Crippen LogP contribution >= 0.6 is 0 Å². The summed E-state index contributed by atoms with van der Waals surface area (Å²) in [6, 6.07) is 0. The quantitative estimate of drug-likeness (QED) is 0.532. The predicted octanol–water partition coefficient (Wildman–Crippen LogP) is 0.852. The SMILES string of the molecule is O=[C](O)[Zn]([C](=O)O)([C](=O)O)[C](=O)O. The van der Waals surface area contributed by atoms with E-state index in [4.69, 9.17) is 20.4 Å². The Hall–Kier alpha value is -1.50. The molecule has 0 heterocycles. The molecule has 0 bridgehead atoms. The molecule has 0 radical (unpaired) electrons. The van der Waals surface area contributed by atoms with Gasteiger partial charge in [0.15, 0.2) is 0 Å². The zero-order valence-electron chi connectivity index (χ0n) is 6.13. The number of hydrogen-bond acceptors (Lipinski definition) is 4. The Balaban J connectivity index is 5.60. The third kappa shape index (κ3) is 1.50. The summed E-state index contributed by atoms with van der Waals surface area (Å²) in [5.41, 5.74) is 0. The number of carbonyl (C=O) groups is 4. The standard InChI is InChI=1S/4CHO2.Zn/c4*2-1-3;/h4*(H,2,3);. The fourth-order valence-corrected chi connectivity index (χ4v) is 4.03. The molecule has 8 nitrogen and oxygen atoms in total. The second-order valence-electron chi connectivity index (χ2n) is 2.64. The fraction of sp³-hybridized carbons (Fsp3) is 0. The van der Waals surface area contributed by atoms with Crippen molar-refractivity contribution in [3.05, 3.63) is 0 Å². The van der Waals surface area contributed by atoms with Gasteiger partial charge in [-0.3, -0.25) is 0 Å². The molecule has 0 aliphatic heterocycles. The van der Waals surface area contributed by atoms with Crippen LogP contribution in [0.3, 0.4) is 0 Å². The molecule has 13 heavy (non-hydrogen) atoms. The van der Waals surface area contributed by atoms with Gasteiger partial charge >= 0.3 is 72.6 Å². The average molecular weight is 245 g/mol. The third-order valence-corrected chi connectivity index (χ3v) is 9.43. The average Bonchev–Trinajstić information content (AvgIpc) is 1.82.